The molecule has 18 heavy (non-hydrogen) atoms. The smallest absolute Gasteiger partial charge is 0.303 e. The largest absolute Gasteiger partial charge is 0.481 e. The van der Waals surface area contributed by atoms with E-state index >= 15 is 0 Å². The van der Waals surface area contributed by atoms with E-state index in [1.807, 2.05) is 27.7 Å². The molecular weight excluding hydrogens is 232 g/mol. The van der Waals surface area contributed by atoms with Gasteiger partial charge in [0, 0.05) is 5.92 Å². The molecule has 1 N–H and O–H groups in total. The summed E-state index contributed by atoms with van der Waals surface area (Å²) in [6.45, 7) is 8.56. The van der Waals surface area contributed by atoms with Gasteiger partial charge >= 0.3 is 5.97 Å². The summed E-state index contributed by atoms with van der Waals surface area (Å²) in [5, 5.41) is 9.02. The first-order valence-corrected chi connectivity index (χ1v) is 6.51. The van der Waals surface area contributed by atoms with Crippen LogP contribution in [0.25, 0.3) is 0 Å². The number of hydrogen-bond acceptors (Lipinski definition) is 3. The predicted octanol–water partition coefficient (Wildman–Crippen LogP) is 2.59. The fourth-order valence-corrected chi connectivity index (χ4v) is 3.16. The Kier molecular flexibility index (Phi) is 3.52. The number of fused-ring (bicyclic) bond motifs is 1. The zero-order chi connectivity index (χ0) is 13.5. The van der Waals surface area contributed by atoms with Gasteiger partial charge in [-0.15, -0.1) is 0 Å². The van der Waals surface area contributed by atoms with E-state index in [1.54, 1.807) is 0 Å². The summed E-state index contributed by atoms with van der Waals surface area (Å²) >= 11 is 0. The first-order chi connectivity index (χ1) is 8.30. The molecule has 1 aliphatic heterocycles. The van der Waals surface area contributed by atoms with Gasteiger partial charge in [0.1, 0.15) is 0 Å². The van der Waals surface area contributed by atoms with E-state index in [2.05, 4.69) is 0 Å². The Hall–Kier alpha value is -0.870. The van der Waals surface area contributed by atoms with Crippen molar-refractivity contribution < 1.29 is 19.4 Å². The highest BCUT2D eigenvalue weighted by atomic mass is 16.7. The van der Waals surface area contributed by atoms with Crippen LogP contribution in [0.2, 0.25) is 0 Å². The van der Waals surface area contributed by atoms with Crippen LogP contribution < -0.4 is 0 Å². The summed E-state index contributed by atoms with van der Waals surface area (Å²) in [6.07, 6.45) is 1.08. The number of carbonyl (C=O) groups is 1. The third-order valence-electron chi connectivity index (χ3n) is 3.82. The van der Waals surface area contributed by atoms with Gasteiger partial charge in [-0.1, -0.05) is 5.57 Å². The molecule has 0 radical (unpaired) electrons. The topological polar surface area (TPSA) is 55.8 Å². The van der Waals surface area contributed by atoms with Gasteiger partial charge in [0.25, 0.3) is 0 Å². The number of carboxylic acids is 1. The zero-order valence-corrected chi connectivity index (χ0v) is 11.5. The Morgan fingerprint density at radius 1 is 1.44 bits per heavy atom. The van der Waals surface area contributed by atoms with Crippen LogP contribution in [0.3, 0.4) is 0 Å². The Balaban J connectivity index is 2.24. The summed E-state index contributed by atoms with van der Waals surface area (Å²) < 4.78 is 11.7. The second-order valence-corrected chi connectivity index (χ2v) is 6.00. The summed E-state index contributed by atoms with van der Waals surface area (Å²) in [5.74, 6) is -0.912. The fourth-order valence-electron chi connectivity index (χ4n) is 3.16. The Morgan fingerprint density at radius 2 is 2.11 bits per heavy atom. The van der Waals surface area contributed by atoms with Gasteiger partial charge in [0.15, 0.2) is 5.79 Å². The molecule has 0 aromatic heterocycles. The number of rotatable bonds is 2. The lowest BCUT2D eigenvalue weighted by Crippen LogP contribution is -2.44. The molecule has 1 saturated carbocycles. The van der Waals surface area contributed by atoms with Crippen LogP contribution in [0, 0.1) is 11.8 Å². The minimum atomic E-state index is -0.738. The molecule has 1 aliphatic carbocycles. The first-order valence-electron chi connectivity index (χ1n) is 6.51. The molecule has 3 atom stereocenters. The highest BCUT2D eigenvalue weighted by Crippen LogP contribution is 2.46. The average molecular weight is 254 g/mol. The lowest BCUT2D eigenvalue weighted by Gasteiger charge is -2.38. The molecule has 0 amide bonds. The molecule has 0 spiro atoms. The second-order valence-electron chi connectivity index (χ2n) is 6.00. The average Bonchev–Trinajstić information content (AvgIpc) is 2.52. The van der Waals surface area contributed by atoms with Crippen LogP contribution >= 0.6 is 0 Å². The van der Waals surface area contributed by atoms with Gasteiger partial charge < -0.3 is 14.6 Å². The highest BCUT2D eigenvalue weighted by Gasteiger charge is 2.46. The van der Waals surface area contributed by atoms with E-state index in [-0.39, 0.29) is 18.4 Å². The number of aliphatic carboxylic acids is 1. The number of carboxylic acid groups (broad SMARTS) is 1. The van der Waals surface area contributed by atoms with E-state index in [9.17, 15) is 4.79 Å². The standard InChI is InChI=1S/C14H22O4/c1-8(2)12-9(6-11(15)16)5-10-7-17-14(3,4)18-13(10)12/h9-10,13H,5-7H2,1-4H3,(H,15,16)/t9?,10-,13+/m0/s1. The SMILES string of the molecule is CC(C)=C1C(CC(=O)O)C[C@H]2COC(C)(C)O[C@@H]12. The first kappa shape index (κ1) is 13.6. The van der Waals surface area contributed by atoms with Crippen molar-refractivity contribution in [2.24, 2.45) is 11.8 Å². The third-order valence-corrected chi connectivity index (χ3v) is 3.82. The van der Waals surface area contributed by atoms with Crippen LogP contribution in [0.15, 0.2) is 11.1 Å². The molecule has 2 aliphatic rings. The predicted molar refractivity (Wildman–Crippen MR) is 67.1 cm³/mol. The van der Waals surface area contributed by atoms with Crippen molar-refractivity contribution in [1.82, 2.24) is 0 Å². The van der Waals surface area contributed by atoms with Crippen molar-refractivity contribution in [2.45, 2.75) is 52.4 Å². The second kappa shape index (κ2) is 4.67. The molecule has 1 saturated heterocycles. The van der Waals surface area contributed by atoms with Crippen LogP contribution in [0.4, 0.5) is 0 Å². The molecule has 1 heterocycles. The van der Waals surface area contributed by atoms with Gasteiger partial charge in [-0.05, 0) is 45.6 Å². The monoisotopic (exact) mass is 254 g/mol. The summed E-state index contributed by atoms with van der Waals surface area (Å²) in [7, 11) is 0. The van der Waals surface area contributed by atoms with Gasteiger partial charge in [-0.3, -0.25) is 4.79 Å². The Morgan fingerprint density at radius 3 is 2.67 bits per heavy atom. The van der Waals surface area contributed by atoms with Gasteiger partial charge in [-0.25, -0.2) is 0 Å². The van der Waals surface area contributed by atoms with E-state index in [1.165, 1.54) is 11.1 Å². The summed E-state index contributed by atoms with van der Waals surface area (Å²) in [4.78, 5) is 11.0. The number of hydrogen-bond donors (Lipinski definition) is 1. The molecule has 0 aromatic carbocycles. The number of allylic oxidation sites excluding steroid dienone is 1. The molecule has 2 fully saturated rings. The maximum absolute atomic E-state index is 11.0. The normalized spacial score (nSPS) is 34.2. The van der Waals surface area contributed by atoms with Crippen molar-refractivity contribution in [3.8, 4) is 0 Å². The van der Waals surface area contributed by atoms with Crippen molar-refractivity contribution in [2.75, 3.05) is 6.61 Å². The number of ether oxygens (including phenoxy) is 2. The van der Waals surface area contributed by atoms with E-state index in [0.717, 1.165) is 6.42 Å². The minimum absolute atomic E-state index is 0.0306. The van der Waals surface area contributed by atoms with E-state index in [4.69, 9.17) is 14.6 Å². The van der Waals surface area contributed by atoms with Gasteiger partial charge in [0.2, 0.25) is 0 Å². The third kappa shape index (κ3) is 2.59. The highest BCUT2D eigenvalue weighted by molar-refractivity contribution is 5.68. The van der Waals surface area contributed by atoms with E-state index in [0.29, 0.717) is 12.5 Å². The lowest BCUT2D eigenvalue weighted by molar-refractivity contribution is -0.279. The molecule has 2 rings (SSSR count). The molecule has 0 aromatic rings. The van der Waals surface area contributed by atoms with Crippen LogP contribution in [-0.2, 0) is 14.3 Å². The van der Waals surface area contributed by atoms with Crippen molar-refractivity contribution >= 4 is 5.97 Å². The minimum Gasteiger partial charge on any atom is -0.481 e. The summed E-state index contributed by atoms with van der Waals surface area (Å²) in [5.41, 5.74) is 2.37. The maximum Gasteiger partial charge on any atom is 0.303 e. The molecule has 1 unspecified atom stereocenters. The Bertz CT molecular complexity index is 379. The van der Waals surface area contributed by atoms with E-state index < -0.39 is 11.8 Å². The van der Waals surface area contributed by atoms with Crippen molar-refractivity contribution in [3.63, 3.8) is 0 Å². The van der Waals surface area contributed by atoms with Crippen LogP contribution in [0.1, 0.15) is 40.5 Å². The van der Waals surface area contributed by atoms with Gasteiger partial charge in [0.05, 0.1) is 19.1 Å². The van der Waals surface area contributed by atoms with Gasteiger partial charge in [-0.2, -0.15) is 0 Å². The van der Waals surface area contributed by atoms with Crippen LogP contribution in [-0.4, -0.2) is 29.6 Å². The van der Waals surface area contributed by atoms with Crippen LogP contribution in [0.5, 0.6) is 0 Å². The quantitative estimate of drug-likeness (QED) is 0.769. The fraction of sp³-hybridized carbons (Fsp3) is 0.786. The molecule has 4 heteroatoms. The van der Waals surface area contributed by atoms with Crippen molar-refractivity contribution in [3.05, 3.63) is 11.1 Å². The summed E-state index contributed by atoms with van der Waals surface area (Å²) in [6, 6.07) is 0. The molecule has 0 bridgehead atoms. The molecule has 102 valence electrons. The zero-order valence-electron chi connectivity index (χ0n) is 11.5. The molecular formula is C14H22O4. The van der Waals surface area contributed by atoms with Crippen molar-refractivity contribution in [1.29, 1.82) is 0 Å². The lowest BCUT2D eigenvalue weighted by atomic mass is 9.94. The molecule has 4 nitrogen and oxygen atoms in total. The Labute approximate surface area is 108 Å². The maximum atomic E-state index is 11.0.